The minimum atomic E-state index is 0.815. The Bertz CT molecular complexity index is 594. The Labute approximate surface area is 120 Å². The van der Waals surface area contributed by atoms with Gasteiger partial charge in [-0.15, -0.1) is 0 Å². The van der Waals surface area contributed by atoms with Gasteiger partial charge in [0.2, 0.25) is 0 Å². The monoisotopic (exact) mass is 271 g/mol. The number of pyridine rings is 1. The van der Waals surface area contributed by atoms with Gasteiger partial charge in [0.15, 0.2) is 0 Å². The summed E-state index contributed by atoms with van der Waals surface area (Å²) in [6.07, 6.45) is 1.77. The highest BCUT2D eigenvalue weighted by Gasteiger charge is 2.11. The van der Waals surface area contributed by atoms with Crippen LogP contribution in [0.25, 0.3) is 11.3 Å². The van der Waals surface area contributed by atoms with Crippen molar-refractivity contribution >= 4 is 11.4 Å². The van der Waals surface area contributed by atoms with Crippen molar-refractivity contribution < 1.29 is 4.74 Å². The van der Waals surface area contributed by atoms with Gasteiger partial charge in [0.05, 0.1) is 12.8 Å². The fourth-order valence-corrected chi connectivity index (χ4v) is 2.08. The van der Waals surface area contributed by atoms with E-state index in [0.29, 0.717) is 0 Å². The van der Waals surface area contributed by atoms with E-state index >= 15 is 0 Å². The number of nitrogens with zero attached hydrogens (tertiary/aromatic N) is 3. The molecule has 2 aromatic rings. The summed E-state index contributed by atoms with van der Waals surface area (Å²) in [5, 5.41) is 0. The van der Waals surface area contributed by atoms with Crippen molar-refractivity contribution in [2.75, 3.05) is 45.1 Å². The molecule has 0 saturated carbocycles. The van der Waals surface area contributed by atoms with E-state index < -0.39 is 0 Å². The van der Waals surface area contributed by atoms with Crippen molar-refractivity contribution in [1.82, 2.24) is 4.98 Å². The number of rotatable bonds is 4. The van der Waals surface area contributed by atoms with Crippen LogP contribution in [-0.2, 0) is 0 Å². The first-order valence-electron chi connectivity index (χ1n) is 6.52. The molecule has 0 atom stereocenters. The molecule has 4 nitrogen and oxygen atoms in total. The first kappa shape index (κ1) is 14.2. The van der Waals surface area contributed by atoms with Crippen LogP contribution in [-0.4, -0.2) is 40.3 Å². The molecule has 1 heterocycles. The van der Waals surface area contributed by atoms with Crippen molar-refractivity contribution in [3.8, 4) is 17.0 Å². The predicted octanol–water partition coefficient (Wildman–Crippen LogP) is 2.89. The van der Waals surface area contributed by atoms with Crippen molar-refractivity contribution in [3.63, 3.8) is 0 Å². The van der Waals surface area contributed by atoms with E-state index in [-0.39, 0.29) is 0 Å². The molecule has 0 N–H and O–H groups in total. The summed E-state index contributed by atoms with van der Waals surface area (Å²) < 4.78 is 5.29. The zero-order chi connectivity index (χ0) is 14.7. The molecule has 1 aromatic heterocycles. The quantitative estimate of drug-likeness (QED) is 0.855. The lowest BCUT2D eigenvalue weighted by Crippen LogP contribution is -2.13. The highest BCUT2D eigenvalue weighted by Crippen LogP contribution is 2.33. The van der Waals surface area contributed by atoms with Crippen LogP contribution in [0, 0.1) is 0 Å². The molecule has 0 spiro atoms. The van der Waals surface area contributed by atoms with Crippen molar-refractivity contribution in [1.29, 1.82) is 0 Å². The van der Waals surface area contributed by atoms with Crippen LogP contribution < -0.4 is 14.5 Å². The van der Waals surface area contributed by atoms with Crippen LogP contribution in [0.15, 0.2) is 36.5 Å². The standard InChI is InChI=1S/C16H21N3O/c1-18(2)12-6-7-16(19(3)4)14(10-12)15-11-13(20-5)8-9-17-15/h6-11H,1-5H3. The number of benzene rings is 1. The Morgan fingerprint density at radius 1 is 0.950 bits per heavy atom. The maximum atomic E-state index is 5.29. The van der Waals surface area contributed by atoms with E-state index in [1.807, 2.05) is 40.3 Å². The van der Waals surface area contributed by atoms with E-state index in [1.165, 1.54) is 0 Å². The predicted molar refractivity (Wildman–Crippen MR) is 84.9 cm³/mol. The molecule has 20 heavy (non-hydrogen) atoms. The van der Waals surface area contributed by atoms with Gasteiger partial charge in [-0.2, -0.15) is 0 Å². The van der Waals surface area contributed by atoms with Gasteiger partial charge in [-0.25, -0.2) is 0 Å². The van der Waals surface area contributed by atoms with Crippen LogP contribution in [0.3, 0.4) is 0 Å². The van der Waals surface area contributed by atoms with Gasteiger partial charge in [-0.1, -0.05) is 0 Å². The van der Waals surface area contributed by atoms with Gasteiger partial charge in [0, 0.05) is 57.4 Å². The van der Waals surface area contributed by atoms with E-state index in [0.717, 1.165) is 28.4 Å². The molecule has 0 bridgehead atoms. The largest absolute Gasteiger partial charge is 0.497 e. The molecule has 0 fully saturated rings. The van der Waals surface area contributed by atoms with Crippen LogP contribution >= 0.6 is 0 Å². The van der Waals surface area contributed by atoms with E-state index in [4.69, 9.17) is 4.74 Å². The molecule has 4 heteroatoms. The van der Waals surface area contributed by atoms with Crippen molar-refractivity contribution in [3.05, 3.63) is 36.5 Å². The minimum Gasteiger partial charge on any atom is -0.497 e. The lowest BCUT2D eigenvalue weighted by atomic mass is 10.1. The third-order valence-electron chi connectivity index (χ3n) is 3.22. The van der Waals surface area contributed by atoms with Gasteiger partial charge in [-0.3, -0.25) is 4.98 Å². The first-order valence-corrected chi connectivity index (χ1v) is 6.52. The summed E-state index contributed by atoms with van der Waals surface area (Å²) in [4.78, 5) is 8.66. The van der Waals surface area contributed by atoms with Crippen LogP contribution in [0.2, 0.25) is 0 Å². The Kier molecular flexibility index (Phi) is 4.13. The van der Waals surface area contributed by atoms with Gasteiger partial charge >= 0.3 is 0 Å². The number of methoxy groups -OCH3 is 1. The highest BCUT2D eigenvalue weighted by atomic mass is 16.5. The molecule has 0 aliphatic rings. The average Bonchev–Trinajstić information content (AvgIpc) is 2.46. The highest BCUT2D eigenvalue weighted by molar-refractivity contribution is 5.80. The Morgan fingerprint density at radius 2 is 1.70 bits per heavy atom. The number of hydrogen-bond donors (Lipinski definition) is 0. The molecule has 106 valence electrons. The van der Waals surface area contributed by atoms with Crippen LogP contribution in [0.4, 0.5) is 11.4 Å². The molecule has 2 rings (SSSR count). The Balaban J connectivity index is 2.59. The van der Waals surface area contributed by atoms with Crippen molar-refractivity contribution in [2.24, 2.45) is 0 Å². The smallest absolute Gasteiger partial charge is 0.122 e. The molecule has 0 saturated heterocycles. The summed E-state index contributed by atoms with van der Waals surface area (Å²) in [5.41, 5.74) is 4.29. The number of anilines is 2. The maximum Gasteiger partial charge on any atom is 0.122 e. The molecular weight excluding hydrogens is 250 g/mol. The van der Waals surface area contributed by atoms with Crippen LogP contribution in [0.5, 0.6) is 5.75 Å². The van der Waals surface area contributed by atoms with Gasteiger partial charge in [0.25, 0.3) is 0 Å². The summed E-state index contributed by atoms with van der Waals surface area (Å²) in [6, 6.07) is 10.2. The second-order valence-corrected chi connectivity index (χ2v) is 5.07. The van der Waals surface area contributed by atoms with E-state index in [9.17, 15) is 0 Å². The fourth-order valence-electron chi connectivity index (χ4n) is 2.08. The lowest BCUT2D eigenvalue weighted by Gasteiger charge is -2.21. The normalized spacial score (nSPS) is 10.2. The summed E-state index contributed by atoms with van der Waals surface area (Å²) >= 11 is 0. The fraction of sp³-hybridized carbons (Fsp3) is 0.312. The SMILES string of the molecule is COc1ccnc(-c2cc(N(C)C)ccc2N(C)C)c1. The number of ether oxygens (including phenoxy) is 1. The van der Waals surface area contributed by atoms with E-state index in [1.54, 1.807) is 13.3 Å². The molecule has 0 aliphatic heterocycles. The third kappa shape index (κ3) is 2.85. The van der Waals surface area contributed by atoms with Gasteiger partial charge < -0.3 is 14.5 Å². The zero-order valence-corrected chi connectivity index (χ0v) is 12.7. The number of hydrogen-bond acceptors (Lipinski definition) is 4. The molecule has 1 aromatic carbocycles. The molecular formula is C16H21N3O. The molecule has 0 amide bonds. The average molecular weight is 271 g/mol. The Morgan fingerprint density at radius 3 is 2.30 bits per heavy atom. The molecule has 0 unspecified atom stereocenters. The molecule has 0 radical (unpaired) electrons. The third-order valence-corrected chi connectivity index (χ3v) is 3.22. The minimum absolute atomic E-state index is 0.815. The maximum absolute atomic E-state index is 5.29. The second kappa shape index (κ2) is 5.82. The van der Waals surface area contributed by atoms with E-state index in [2.05, 4.69) is 33.0 Å². The molecule has 0 aliphatic carbocycles. The van der Waals surface area contributed by atoms with Gasteiger partial charge in [-0.05, 0) is 24.3 Å². The number of aromatic nitrogens is 1. The topological polar surface area (TPSA) is 28.6 Å². The summed E-state index contributed by atoms with van der Waals surface area (Å²) in [6.45, 7) is 0. The Hall–Kier alpha value is -2.23. The van der Waals surface area contributed by atoms with Crippen LogP contribution in [0.1, 0.15) is 0 Å². The first-order chi connectivity index (χ1) is 9.52. The zero-order valence-electron chi connectivity index (χ0n) is 12.7. The lowest BCUT2D eigenvalue weighted by molar-refractivity contribution is 0.414. The summed E-state index contributed by atoms with van der Waals surface area (Å²) in [7, 11) is 9.81. The second-order valence-electron chi connectivity index (χ2n) is 5.07. The van der Waals surface area contributed by atoms with Crippen molar-refractivity contribution in [2.45, 2.75) is 0 Å². The summed E-state index contributed by atoms with van der Waals surface area (Å²) in [5.74, 6) is 0.815. The van der Waals surface area contributed by atoms with Gasteiger partial charge in [0.1, 0.15) is 5.75 Å².